The molecule has 1 aromatic carbocycles. The topological polar surface area (TPSA) is 92.8 Å². The number of carbonyl (C=O) groups is 2. The summed E-state index contributed by atoms with van der Waals surface area (Å²) in [4.78, 5) is 32.4. The van der Waals surface area contributed by atoms with E-state index in [1.54, 1.807) is 7.11 Å². The lowest BCUT2D eigenvalue weighted by atomic mass is 10.2. The number of hydrogen-bond acceptors (Lipinski definition) is 7. The Morgan fingerprint density at radius 3 is 3.00 bits per heavy atom. The Balaban J connectivity index is 1.33. The lowest BCUT2D eigenvalue weighted by molar-refractivity contribution is -0.124. The third-order valence-corrected chi connectivity index (χ3v) is 6.01. The van der Waals surface area contributed by atoms with E-state index in [0.717, 1.165) is 36.4 Å². The zero-order valence-corrected chi connectivity index (χ0v) is 17.1. The van der Waals surface area contributed by atoms with E-state index >= 15 is 0 Å². The number of amides is 2. The van der Waals surface area contributed by atoms with Crippen LogP contribution in [0.4, 0.5) is 10.8 Å². The van der Waals surface area contributed by atoms with Gasteiger partial charge in [-0.1, -0.05) is 12.1 Å². The van der Waals surface area contributed by atoms with Crippen LogP contribution in [0.1, 0.15) is 23.4 Å². The first kappa shape index (κ1) is 19.8. The van der Waals surface area contributed by atoms with Crippen LogP contribution in [0, 0.1) is 0 Å². The summed E-state index contributed by atoms with van der Waals surface area (Å²) in [5.41, 5.74) is 1.66. The quantitative estimate of drug-likeness (QED) is 0.751. The molecule has 1 saturated heterocycles. The summed E-state index contributed by atoms with van der Waals surface area (Å²) in [6, 6.07) is 7.35. The summed E-state index contributed by atoms with van der Waals surface area (Å²) < 4.78 is 10.7. The maximum Gasteiger partial charge on any atom is 0.255 e. The van der Waals surface area contributed by atoms with Gasteiger partial charge in [0.05, 0.1) is 25.0 Å². The maximum atomic E-state index is 12.5. The zero-order chi connectivity index (χ0) is 20.2. The van der Waals surface area contributed by atoms with Crippen molar-refractivity contribution >= 4 is 34.0 Å². The number of nitrogens with one attached hydrogen (secondary N) is 2. The number of anilines is 2. The van der Waals surface area contributed by atoms with Crippen molar-refractivity contribution in [3.8, 4) is 5.75 Å². The average Bonchev–Trinajstić information content (AvgIpc) is 3.37. The molecule has 8 nitrogen and oxygen atoms in total. The summed E-state index contributed by atoms with van der Waals surface area (Å²) in [5, 5.41) is 6.39. The molecular weight excluding hydrogens is 392 g/mol. The van der Waals surface area contributed by atoms with Crippen molar-refractivity contribution in [2.24, 2.45) is 0 Å². The van der Waals surface area contributed by atoms with E-state index in [2.05, 4.69) is 20.5 Å². The molecule has 1 unspecified atom stereocenters. The summed E-state index contributed by atoms with van der Waals surface area (Å²) in [6.07, 6.45) is 2.06. The molecule has 2 aliphatic rings. The van der Waals surface area contributed by atoms with Crippen LogP contribution in [0.25, 0.3) is 0 Å². The molecule has 2 aliphatic heterocycles. The summed E-state index contributed by atoms with van der Waals surface area (Å²) >= 11 is 1.47. The number of nitrogens with zero attached hydrogens (tertiary/aromatic N) is 2. The number of rotatable bonds is 6. The van der Waals surface area contributed by atoms with E-state index in [0.29, 0.717) is 29.7 Å². The molecule has 2 N–H and O–H groups in total. The Kier molecular flexibility index (Phi) is 6.08. The summed E-state index contributed by atoms with van der Waals surface area (Å²) in [6.45, 7) is 2.31. The van der Waals surface area contributed by atoms with Gasteiger partial charge in [0.15, 0.2) is 5.13 Å². The van der Waals surface area contributed by atoms with Gasteiger partial charge in [0, 0.05) is 31.0 Å². The third-order valence-electron chi connectivity index (χ3n) is 5.01. The minimum atomic E-state index is -0.369. The van der Waals surface area contributed by atoms with Crippen molar-refractivity contribution in [2.45, 2.75) is 31.9 Å². The second-order valence-corrected chi connectivity index (χ2v) is 8.17. The van der Waals surface area contributed by atoms with Gasteiger partial charge >= 0.3 is 0 Å². The second-order valence-electron chi connectivity index (χ2n) is 7.09. The number of carbonyl (C=O) groups excluding carboxylic acids is 2. The Bertz CT molecular complexity index is 894. The lowest BCUT2D eigenvalue weighted by Gasteiger charge is -2.25. The molecule has 3 heterocycles. The van der Waals surface area contributed by atoms with E-state index < -0.39 is 0 Å². The number of para-hydroxylation sites is 2. The normalized spacial score (nSPS) is 18.9. The number of fused-ring (bicyclic) bond motifs is 1. The van der Waals surface area contributed by atoms with E-state index in [1.807, 2.05) is 24.3 Å². The van der Waals surface area contributed by atoms with Crippen LogP contribution in [-0.4, -0.2) is 54.6 Å². The number of ether oxygens (including phenoxy) is 2. The Labute approximate surface area is 173 Å². The zero-order valence-electron chi connectivity index (χ0n) is 16.3. The fourth-order valence-electron chi connectivity index (χ4n) is 3.55. The predicted octanol–water partition coefficient (Wildman–Crippen LogP) is 2.27. The Morgan fingerprint density at radius 2 is 2.21 bits per heavy atom. The number of methoxy groups -OCH3 is 1. The molecule has 0 radical (unpaired) electrons. The monoisotopic (exact) mass is 416 g/mol. The molecule has 1 aromatic heterocycles. The smallest absolute Gasteiger partial charge is 0.255 e. The van der Waals surface area contributed by atoms with E-state index in [-0.39, 0.29) is 24.5 Å². The largest absolute Gasteiger partial charge is 0.495 e. The van der Waals surface area contributed by atoms with Crippen molar-refractivity contribution < 1.29 is 19.1 Å². The van der Waals surface area contributed by atoms with Gasteiger partial charge in [-0.05, 0) is 25.0 Å². The first-order valence-corrected chi connectivity index (χ1v) is 10.5. The second kappa shape index (κ2) is 8.89. The standard InChI is InChI=1S/C20H24N4O4S/c1-27-15-6-3-2-5-13(15)21-18(25)12-24-9-8-14-17(11-24)29-20(22-14)23-19(26)16-7-4-10-28-16/h2-3,5-6,16H,4,7-12H2,1H3,(H,21,25)(H,22,23,26). The van der Waals surface area contributed by atoms with E-state index in [1.165, 1.54) is 11.3 Å². The Hall–Kier alpha value is -2.49. The van der Waals surface area contributed by atoms with Crippen molar-refractivity contribution in [1.82, 2.24) is 9.88 Å². The van der Waals surface area contributed by atoms with Crippen LogP contribution >= 0.6 is 11.3 Å². The SMILES string of the molecule is COc1ccccc1NC(=O)CN1CCc2nc(NC(=O)C3CCCO3)sc2C1. The van der Waals surface area contributed by atoms with Gasteiger partial charge in [-0.15, -0.1) is 11.3 Å². The van der Waals surface area contributed by atoms with Crippen molar-refractivity contribution in [3.63, 3.8) is 0 Å². The summed E-state index contributed by atoms with van der Waals surface area (Å²) in [7, 11) is 1.58. The van der Waals surface area contributed by atoms with Crippen LogP contribution in [-0.2, 0) is 27.3 Å². The number of hydrogen-bond donors (Lipinski definition) is 2. The van der Waals surface area contributed by atoms with Crippen LogP contribution < -0.4 is 15.4 Å². The van der Waals surface area contributed by atoms with Crippen molar-refractivity contribution in [1.29, 1.82) is 0 Å². The number of aromatic nitrogens is 1. The number of thiazole rings is 1. The summed E-state index contributed by atoms with van der Waals surface area (Å²) in [5.74, 6) is 0.423. The van der Waals surface area contributed by atoms with Crippen molar-refractivity contribution in [2.75, 3.05) is 37.4 Å². The molecule has 1 atom stereocenters. The molecule has 1 fully saturated rings. The highest BCUT2D eigenvalue weighted by Crippen LogP contribution is 2.29. The predicted molar refractivity (Wildman–Crippen MR) is 110 cm³/mol. The highest BCUT2D eigenvalue weighted by molar-refractivity contribution is 7.15. The van der Waals surface area contributed by atoms with Crippen LogP contribution in [0.2, 0.25) is 0 Å². The molecule has 4 rings (SSSR count). The molecule has 0 saturated carbocycles. The van der Waals surface area contributed by atoms with Crippen LogP contribution in [0.15, 0.2) is 24.3 Å². The molecule has 0 aliphatic carbocycles. The van der Waals surface area contributed by atoms with Crippen LogP contribution in [0.3, 0.4) is 0 Å². The molecular formula is C20H24N4O4S. The molecule has 0 bridgehead atoms. The van der Waals surface area contributed by atoms with Gasteiger partial charge in [-0.3, -0.25) is 19.8 Å². The molecule has 0 spiro atoms. The van der Waals surface area contributed by atoms with Gasteiger partial charge < -0.3 is 14.8 Å². The fraction of sp³-hybridized carbons (Fsp3) is 0.450. The maximum absolute atomic E-state index is 12.5. The van der Waals surface area contributed by atoms with Gasteiger partial charge in [0.2, 0.25) is 5.91 Å². The first-order chi connectivity index (χ1) is 14.1. The van der Waals surface area contributed by atoms with Gasteiger partial charge in [0.25, 0.3) is 5.91 Å². The van der Waals surface area contributed by atoms with Crippen molar-refractivity contribution in [3.05, 3.63) is 34.8 Å². The lowest BCUT2D eigenvalue weighted by Crippen LogP contribution is -2.36. The molecule has 2 aromatic rings. The van der Waals surface area contributed by atoms with Gasteiger partial charge in [0.1, 0.15) is 11.9 Å². The number of benzene rings is 1. The van der Waals surface area contributed by atoms with Gasteiger partial charge in [-0.2, -0.15) is 0 Å². The molecule has 9 heteroatoms. The van der Waals surface area contributed by atoms with E-state index in [9.17, 15) is 9.59 Å². The highest BCUT2D eigenvalue weighted by atomic mass is 32.1. The first-order valence-electron chi connectivity index (χ1n) is 9.68. The molecule has 2 amide bonds. The minimum absolute atomic E-state index is 0.0885. The molecule has 29 heavy (non-hydrogen) atoms. The van der Waals surface area contributed by atoms with Gasteiger partial charge in [-0.25, -0.2) is 4.98 Å². The third kappa shape index (κ3) is 4.75. The fourth-order valence-corrected chi connectivity index (χ4v) is 4.60. The van der Waals surface area contributed by atoms with Crippen LogP contribution in [0.5, 0.6) is 5.75 Å². The molecule has 154 valence electrons. The Morgan fingerprint density at radius 1 is 1.34 bits per heavy atom. The average molecular weight is 417 g/mol. The minimum Gasteiger partial charge on any atom is -0.495 e. The van der Waals surface area contributed by atoms with E-state index in [4.69, 9.17) is 9.47 Å². The highest BCUT2D eigenvalue weighted by Gasteiger charge is 2.26.